The van der Waals surface area contributed by atoms with Gasteiger partial charge in [-0.2, -0.15) is 5.26 Å². The summed E-state index contributed by atoms with van der Waals surface area (Å²) in [5.41, 5.74) is 1.96. The lowest BCUT2D eigenvalue weighted by molar-refractivity contribution is -0.123. The number of hydrogen-bond donors (Lipinski definition) is 1. The summed E-state index contributed by atoms with van der Waals surface area (Å²) in [4.78, 5) is 14.2. The van der Waals surface area contributed by atoms with Crippen LogP contribution in [0.4, 0.5) is 8.78 Å². The van der Waals surface area contributed by atoms with Crippen molar-refractivity contribution in [2.24, 2.45) is 0 Å². The standard InChI is InChI=1S/C20H21F2N3O/c1-14(2)25(12-16-5-3-15(10-23)4-6-16)13-20(26)24-11-17-7-18(21)9-19(22)8-17/h3-9,14H,11-13H2,1-2H3,(H,24,26). The first-order valence-electron chi connectivity index (χ1n) is 8.32. The monoisotopic (exact) mass is 357 g/mol. The minimum atomic E-state index is -0.668. The summed E-state index contributed by atoms with van der Waals surface area (Å²) < 4.78 is 26.4. The molecule has 0 aliphatic rings. The molecule has 0 saturated heterocycles. The second-order valence-electron chi connectivity index (χ2n) is 6.36. The lowest BCUT2D eigenvalue weighted by Crippen LogP contribution is -2.40. The number of carbonyl (C=O) groups is 1. The average molecular weight is 357 g/mol. The van der Waals surface area contributed by atoms with Crippen LogP contribution < -0.4 is 5.32 Å². The first-order valence-corrected chi connectivity index (χ1v) is 8.32. The maximum absolute atomic E-state index is 13.2. The van der Waals surface area contributed by atoms with Gasteiger partial charge < -0.3 is 5.32 Å². The maximum Gasteiger partial charge on any atom is 0.234 e. The van der Waals surface area contributed by atoms with Gasteiger partial charge in [-0.25, -0.2) is 8.78 Å². The van der Waals surface area contributed by atoms with Gasteiger partial charge in [-0.1, -0.05) is 12.1 Å². The second kappa shape index (κ2) is 9.07. The summed E-state index contributed by atoms with van der Waals surface area (Å²) >= 11 is 0. The Bertz CT molecular complexity index is 777. The molecule has 6 heteroatoms. The number of rotatable bonds is 7. The SMILES string of the molecule is CC(C)N(CC(=O)NCc1cc(F)cc(F)c1)Cc1ccc(C#N)cc1. The molecule has 136 valence electrons. The molecule has 26 heavy (non-hydrogen) atoms. The summed E-state index contributed by atoms with van der Waals surface area (Å²) in [5.74, 6) is -1.56. The number of hydrogen-bond acceptors (Lipinski definition) is 3. The average Bonchev–Trinajstić information content (AvgIpc) is 2.59. The Morgan fingerprint density at radius 2 is 1.73 bits per heavy atom. The van der Waals surface area contributed by atoms with Gasteiger partial charge in [0.25, 0.3) is 0 Å². The molecule has 0 bridgehead atoms. The van der Waals surface area contributed by atoms with Crippen LogP contribution in [0.15, 0.2) is 42.5 Å². The summed E-state index contributed by atoms with van der Waals surface area (Å²) in [6, 6.07) is 12.6. The highest BCUT2D eigenvalue weighted by molar-refractivity contribution is 5.78. The lowest BCUT2D eigenvalue weighted by atomic mass is 10.1. The second-order valence-corrected chi connectivity index (χ2v) is 6.36. The quantitative estimate of drug-likeness (QED) is 0.827. The molecule has 2 aromatic carbocycles. The van der Waals surface area contributed by atoms with Gasteiger partial charge in [0.2, 0.25) is 5.91 Å². The molecule has 4 nitrogen and oxygen atoms in total. The molecule has 0 aliphatic heterocycles. The van der Waals surface area contributed by atoms with E-state index in [0.717, 1.165) is 11.6 Å². The van der Waals surface area contributed by atoms with Gasteiger partial charge in [0.15, 0.2) is 0 Å². The third-order valence-electron chi connectivity index (χ3n) is 3.96. The Morgan fingerprint density at radius 1 is 1.12 bits per heavy atom. The molecular formula is C20H21F2N3O. The first kappa shape index (κ1) is 19.5. The van der Waals surface area contributed by atoms with E-state index in [1.165, 1.54) is 12.1 Å². The smallest absolute Gasteiger partial charge is 0.234 e. The van der Waals surface area contributed by atoms with Gasteiger partial charge in [0.05, 0.1) is 18.2 Å². The van der Waals surface area contributed by atoms with E-state index >= 15 is 0 Å². The van der Waals surface area contributed by atoms with Crippen LogP contribution in [0.1, 0.15) is 30.5 Å². The Labute approximate surface area is 152 Å². The zero-order valence-electron chi connectivity index (χ0n) is 14.8. The normalized spacial score (nSPS) is 10.8. The highest BCUT2D eigenvalue weighted by atomic mass is 19.1. The predicted octanol–water partition coefficient (Wildman–Crippen LogP) is 3.36. The zero-order chi connectivity index (χ0) is 19.1. The zero-order valence-corrected chi connectivity index (χ0v) is 14.8. The fourth-order valence-corrected chi connectivity index (χ4v) is 2.49. The highest BCUT2D eigenvalue weighted by Crippen LogP contribution is 2.10. The van der Waals surface area contributed by atoms with Gasteiger partial charge in [-0.3, -0.25) is 9.69 Å². The van der Waals surface area contributed by atoms with Crippen molar-refractivity contribution in [3.63, 3.8) is 0 Å². The third-order valence-corrected chi connectivity index (χ3v) is 3.96. The summed E-state index contributed by atoms with van der Waals surface area (Å²) in [7, 11) is 0. The molecule has 0 spiro atoms. The minimum absolute atomic E-state index is 0.0658. The van der Waals surface area contributed by atoms with Crippen molar-refractivity contribution in [2.45, 2.75) is 33.0 Å². The van der Waals surface area contributed by atoms with E-state index in [4.69, 9.17) is 5.26 Å². The molecule has 0 unspecified atom stereocenters. The van der Waals surface area contributed by atoms with Crippen LogP contribution in [0.25, 0.3) is 0 Å². The lowest BCUT2D eigenvalue weighted by Gasteiger charge is -2.26. The van der Waals surface area contributed by atoms with Crippen molar-refractivity contribution < 1.29 is 13.6 Å². The largest absolute Gasteiger partial charge is 0.351 e. The van der Waals surface area contributed by atoms with Crippen LogP contribution in [0.5, 0.6) is 0 Å². The number of halogens is 2. The molecule has 1 amide bonds. The van der Waals surface area contributed by atoms with E-state index in [-0.39, 0.29) is 25.0 Å². The molecule has 0 fully saturated rings. The third kappa shape index (κ3) is 5.94. The molecule has 1 N–H and O–H groups in total. The van der Waals surface area contributed by atoms with Gasteiger partial charge in [-0.05, 0) is 49.2 Å². The van der Waals surface area contributed by atoms with Crippen LogP contribution in [0.3, 0.4) is 0 Å². The number of nitrogens with zero attached hydrogens (tertiary/aromatic N) is 2. The van der Waals surface area contributed by atoms with Crippen LogP contribution in [0, 0.1) is 23.0 Å². The summed E-state index contributed by atoms with van der Waals surface area (Å²) in [6.07, 6.45) is 0. The number of nitriles is 1. The number of amides is 1. The molecule has 0 atom stereocenters. The maximum atomic E-state index is 13.2. The number of benzene rings is 2. The minimum Gasteiger partial charge on any atom is -0.351 e. The predicted molar refractivity (Wildman–Crippen MR) is 94.9 cm³/mol. The van der Waals surface area contributed by atoms with Crippen LogP contribution in [-0.2, 0) is 17.9 Å². The van der Waals surface area contributed by atoms with E-state index in [2.05, 4.69) is 11.4 Å². The van der Waals surface area contributed by atoms with Crippen molar-refractivity contribution in [1.29, 1.82) is 5.26 Å². The summed E-state index contributed by atoms with van der Waals surface area (Å²) in [5, 5.41) is 11.5. The van der Waals surface area contributed by atoms with E-state index in [0.29, 0.717) is 17.7 Å². The van der Waals surface area contributed by atoms with E-state index < -0.39 is 11.6 Å². The Balaban J connectivity index is 1.93. The molecule has 0 aliphatic carbocycles. The van der Waals surface area contributed by atoms with Crippen molar-refractivity contribution in [2.75, 3.05) is 6.54 Å². The summed E-state index contributed by atoms with van der Waals surface area (Å²) in [6.45, 7) is 4.76. The molecule has 0 aromatic heterocycles. The Morgan fingerprint density at radius 3 is 2.27 bits per heavy atom. The molecule has 0 saturated carbocycles. The van der Waals surface area contributed by atoms with E-state index in [1.807, 2.05) is 30.9 Å². The van der Waals surface area contributed by atoms with Crippen molar-refractivity contribution in [3.05, 3.63) is 70.8 Å². The van der Waals surface area contributed by atoms with Crippen molar-refractivity contribution >= 4 is 5.91 Å². The molecule has 0 heterocycles. The first-order chi connectivity index (χ1) is 12.4. The van der Waals surface area contributed by atoms with Gasteiger partial charge >= 0.3 is 0 Å². The van der Waals surface area contributed by atoms with Gasteiger partial charge in [0.1, 0.15) is 11.6 Å². The van der Waals surface area contributed by atoms with Gasteiger partial charge in [-0.15, -0.1) is 0 Å². The van der Waals surface area contributed by atoms with E-state index in [9.17, 15) is 13.6 Å². The molecule has 0 radical (unpaired) electrons. The fraction of sp³-hybridized carbons (Fsp3) is 0.300. The van der Waals surface area contributed by atoms with Crippen molar-refractivity contribution in [1.82, 2.24) is 10.2 Å². The number of nitrogens with one attached hydrogen (secondary N) is 1. The Kier molecular flexibility index (Phi) is 6.81. The van der Waals surface area contributed by atoms with Gasteiger partial charge in [0, 0.05) is 25.2 Å². The number of carbonyl (C=O) groups excluding carboxylic acids is 1. The molecular weight excluding hydrogens is 336 g/mol. The van der Waals surface area contributed by atoms with Crippen LogP contribution in [0.2, 0.25) is 0 Å². The van der Waals surface area contributed by atoms with Crippen LogP contribution >= 0.6 is 0 Å². The highest BCUT2D eigenvalue weighted by Gasteiger charge is 2.15. The van der Waals surface area contributed by atoms with E-state index in [1.54, 1.807) is 12.1 Å². The van der Waals surface area contributed by atoms with Crippen LogP contribution in [-0.4, -0.2) is 23.4 Å². The molecule has 2 rings (SSSR count). The topological polar surface area (TPSA) is 56.1 Å². The Hall–Kier alpha value is -2.78. The molecule has 2 aromatic rings. The van der Waals surface area contributed by atoms with Crippen molar-refractivity contribution in [3.8, 4) is 6.07 Å². The fourth-order valence-electron chi connectivity index (χ4n) is 2.49.